The summed E-state index contributed by atoms with van der Waals surface area (Å²) in [6.07, 6.45) is 5.32. The number of piperidine rings is 1. The first-order valence-electron chi connectivity index (χ1n) is 8.76. The molecule has 0 unspecified atom stereocenters. The molecular weight excluding hydrogens is 338 g/mol. The normalized spacial score (nSPS) is 18.5. The summed E-state index contributed by atoms with van der Waals surface area (Å²) in [6, 6.07) is 3.61. The van der Waals surface area contributed by atoms with Gasteiger partial charge in [-0.1, -0.05) is 14.8 Å². The van der Waals surface area contributed by atoms with Crippen LogP contribution in [-0.4, -0.2) is 42.8 Å². The van der Waals surface area contributed by atoms with Crippen LogP contribution in [0.25, 0.3) is 5.65 Å². The fourth-order valence-electron chi connectivity index (χ4n) is 3.42. The predicted octanol–water partition coefficient (Wildman–Crippen LogP) is 2.28. The van der Waals surface area contributed by atoms with E-state index in [4.69, 9.17) is 4.52 Å². The van der Waals surface area contributed by atoms with Gasteiger partial charge in [0.2, 0.25) is 11.5 Å². The number of nitrogens with zero attached hydrogens (tertiary/aromatic N) is 7. The van der Waals surface area contributed by atoms with Crippen LogP contribution >= 0.6 is 0 Å². The van der Waals surface area contributed by atoms with Gasteiger partial charge in [-0.2, -0.15) is 4.98 Å². The average Bonchev–Trinajstić information content (AvgIpc) is 3.23. The minimum Gasteiger partial charge on any atom is -0.358 e. The van der Waals surface area contributed by atoms with Crippen molar-refractivity contribution in [2.45, 2.75) is 37.5 Å². The molecule has 3 aromatic heterocycles. The minimum absolute atomic E-state index is 0.129. The van der Waals surface area contributed by atoms with Gasteiger partial charge in [-0.25, -0.2) is 4.98 Å². The summed E-state index contributed by atoms with van der Waals surface area (Å²) in [5, 5.41) is 19.6. The predicted molar refractivity (Wildman–Crippen MR) is 90.1 cm³/mol. The van der Waals surface area contributed by atoms with E-state index in [1.165, 1.54) is 10.7 Å². The molecule has 0 atom stereocenters. The molecule has 1 saturated heterocycles. The lowest BCUT2D eigenvalue weighted by Crippen LogP contribution is -2.34. The van der Waals surface area contributed by atoms with E-state index >= 15 is 0 Å². The zero-order valence-corrected chi connectivity index (χ0v) is 14.0. The lowest BCUT2D eigenvalue weighted by atomic mass is 9.96. The Labute approximate surface area is 148 Å². The minimum atomic E-state index is -0.475. The topological polar surface area (TPSA) is 115 Å². The Kier molecular flexibility index (Phi) is 3.37. The largest absolute Gasteiger partial charge is 0.368 e. The van der Waals surface area contributed by atoms with Crippen molar-refractivity contribution in [3.05, 3.63) is 40.2 Å². The van der Waals surface area contributed by atoms with E-state index in [2.05, 4.69) is 25.1 Å². The van der Waals surface area contributed by atoms with Gasteiger partial charge in [0.25, 0.3) is 0 Å². The second-order valence-corrected chi connectivity index (χ2v) is 6.86. The first kappa shape index (κ1) is 15.2. The maximum Gasteiger partial charge on any atom is 0.368 e. The van der Waals surface area contributed by atoms with Gasteiger partial charge in [0.05, 0.1) is 0 Å². The van der Waals surface area contributed by atoms with Crippen LogP contribution in [0.2, 0.25) is 0 Å². The van der Waals surface area contributed by atoms with Gasteiger partial charge < -0.3 is 19.5 Å². The Balaban J connectivity index is 1.32. The number of nitro groups is 1. The Morgan fingerprint density at radius 2 is 1.96 bits per heavy atom. The molecule has 1 aliphatic heterocycles. The molecule has 0 spiro atoms. The molecular formula is C16H17N7O3. The van der Waals surface area contributed by atoms with Crippen molar-refractivity contribution in [3.8, 4) is 0 Å². The summed E-state index contributed by atoms with van der Waals surface area (Å²) in [6.45, 7) is 1.58. The number of imidazole rings is 1. The van der Waals surface area contributed by atoms with Crippen LogP contribution in [0.4, 0.5) is 11.6 Å². The summed E-state index contributed by atoms with van der Waals surface area (Å²) >= 11 is 0. The van der Waals surface area contributed by atoms with E-state index in [1.807, 2.05) is 6.07 Å². The summed E-state index contributed by atoms with van der Waals surface area (Å²) in [5.41, 5.74) is 0.467. The smallest absolute Gasteiger partial charge is 0.358 e. The second kappa shape index (κ2) is 5.75. The van der Waals surface area contributed by atoms with Crippen LogP contribution in [0.15, 0.2) is 22.9 Å². The first-order valence-corrected chi connectivity index (χ1v) is 8.76. The third-order valence-corrected chi connectivity index (χ3v) is 5.09. The number of rotatable bonds is 4. The molecule has 0 N–H and O–H groups in total. The molecule has 2 fully saturated rings. The molecule has 0 radical (unpaired) electrons. The summed E-state index contributed by atoms with van der Waals surface area (Å²) in [4.78, 5) is 21.3. The lowest BCUT2D eigenvalue weighted by molar-refractivity contribution is -0.391. The molecule has 2 aliphatic rings. The molecule has 4 heterocycles. The summed E-state index contributed by atoms with van der Waals surface area (Å²) < 4.78 is 6.65. The molecule has 10 nitrogen and oxygen atoms in total. The molecule has 0 bridgehead atoms. The molecule has 0 aromatic carbocycles. The van der Waals surface area contributed by atoms with E-state index in [0.29, 0.717) is 17.4 Å². The van der Waals surface area contributed by atoms with Gasteiger partial charge in [0.15, 0.2) is 11.6 Å². The first-order chi connectivity index (χ1) is 12.7. The van der Waals surface area contributed by atoms with Crippen molar-refractivity contribution in [2.75, 3.05) is 18.0 Å². The molecule has 134 valence electrons. The van der Waals surface area contributed by atoms with Gasteiger partial charge >= 0.3 is 5.82 Å². The maximum absolute atomic E-state index is 11.1. The van der Waals surface area contributed by atoms with E-state index < -0.39 is 4.92 Å². The number of fused-ring (bicyclic) bond motifs is 1. The number of anilines is 1. The highest BCUT2D eigenvalue weighted by molar-refractivity contribution is 5.49. The zero-order valence-electron chi connectivity index (χ0n) is 14.0. The Morgan fingerprint density at radius 3 is 2.69 bits per heavy atom. The molecule has 0 amide bonds. The molecule has 26 heavy (non-hydrogen) atoms. The van der Waals surface area contributed by atoms with E-state index in [9.17, 15) is 10.1 Å². The van der Waals surface area contributed by atoms with Gasteiger partial charge in [0.1, 0.15) is 6.20 Å². The summed E-state index contributed by atoms with van der Waals surface area (Å²) in [5.74, 6) is 2.93. The molecule has 5 rings (SSSR count). The number of aromatic nitrogens is 5. The number of hydrogen-bond acceptors (Lipinski definition) is 8. The average molecular weight is 355 g/mol. The fraction of sp³-hybridized carbons (Fsp3) is 0.500. The summed E-state index contributed by atoms with van der Waals surface area (Å²) in [7, 11) is 0. The highest BCUT2D eigenvalue weighted by Gasteiger charge is 2.32. The third-order valence-electron chi connectivity index (χ3n) is 5.09. The van der Waals surface area contributed by atoms with Gasteiger partial charge in [-0.15, -0.1) is 0 Å². The lowest BCUT2D eigenvalue weighted by Gasteiger charge is -2.30. The van der Waals surface area contributed by atoms with Crippen LogP contribution in [-0.2, 0) is 0 Å². The van der Waals surface area contributed by atoms with Gasteiger partial charge in [-0.3, -0.25) is 0 Å². The van der Waals surface area contributed by atoms with Crippen LogP contribution in [0, 0.1) is 10.1 Å². The molecule has 3 aromatic rings. The maximum atomic E-state index is 11.1. The zero-order chi connectivity index (χ0) is 17.7. The molecule has 1 saturated carbocycles. The highest BCUT2D eigenvalue weighted by atomic mass is 16.6. The highest BCUT2D eigenvalue weighted by Crippen LogP contribution is 2.40. The number of hydrogen-bond donors (Lipinski definition) is 0. The third kappa shape index (κ3) is 2.57. The van der Waals surface area contributed by atoms with Gasteiger partial charge in [0, 0.05) is 31.0 Å². The fourth-order valence-corrected chi connectivity index (χ4v) is 3.42. The van der Waals surface area contributed by atoms with Crippen LogP contribution in [0.5, 0.6) is 0 Å². The van der Waals surface area contributed by atoms with Gasteiger partial charge in [-0.05, 0) is 36.7 Å². The van der Waals surface area contributed by atoms with Crippen LogP contribution < -0.4 is 4.90 Å². The van der Waals surface area contributed by atoms with Crippen LogP contribution in [0.1, 0.15) is 49.2 Å². The Hall–Kier alpha value is -3.04. The van der Waals surface area contributed by atoms with Crippen molar-refractivity contribution < 1.29 is 9.45 Å². The van der Waals surface area contributed by atoms with Crippen molar-refractivity contribution in [1.29, 1.82) is 0 Å². The second-order valence-electron chi connectivity index (χ2n) is 6.86. The molecule has 1 aliphatic carbocycles. The van der Waals surface area contributed by atoms with Crippen molar-refractivity contribution in [1.82, 2.24) is 24.7 Å². The van der Waals surface area contributed by atoms with Crippen LogP contribution in [0.3, 0.4) is 0 Å². The SMILES string of the molecule is O=[N+]([O-])c1cnc2ccc(N3CCC(c4noc(C5CC5)n4)CC3)nn12. The monoisotopic (exact) mass is 355 g/mol. The van der Waals surface area contributed by atoms with Crippen molar-refractivity contribution in [3.63, 3.8) is 0 Å². The quantitative estimate of drug-likeness (QED) is 0.517. The van der Waals surface area contributed by atoms with E-state index in [0.717, 1.165) is 50.5 Å². The van der Waals surface area contributed by atoms with Crippen molar-refractivity contribution in [2.24, 2.45) is 0 Å². The standard InChI is InChI=1S/C16H17N7O3/c24-23(25)14-9-17-12-3-4-13(19-22(12)14)21-7-5-10(6-8-21)15-18-16(26-20-15)11-1-2-11/h3-4,9-11H,1-2,5-8H2. The molecule has 10 heteroatoms. The van der Waals surface area contributed by atoms with E-state index in [1.54, 1.807) is 6.07 Å². The van der Waals surface area contributed by atoms with E-state index in [-0.39, 0.29) is 11.7 Å². The Morgan fingerprint density at radius 1 is 1.15 bits per heavy atom. The Bertz CT molecular complexity index is 969. The van der Waals surface area contributed by atoms with Crippen molar-refractivity contribution >= 4 is 17.3 Å².